The minimum absolute atomic E-state index is 0.223. The number of aromatic nitrogens is 3. The van der Waals surface area contributed by atoms with Gasteiger partial charge in [0.25, 0.3) is 0 Å². The molecule has 0 radical (unpaired) electrons. The first kappa shape index (κ1) is 12.9. The van der Waals surface area contributed by atoms with E-state index in [9.17, 15) is 4.79 Å². The largest absolute Gasteiger partial charge is 0.461 e. The summed E-state index contributed by atoms with van der Waals surface area (Å²) in [6, 6.07) is 4.74. The Morgan fingerprint density at radius 1 is 1.39 bits per heavy atom. The lowest BCUT2D eigenvalue weighted by atomic mass is 10.4. The maximum atomic E-state index is 11.5. The minimum atomic E-state index is -0.470. The number of rotatable bonds is 3. The van der Waals surface area contributed by atoms with Crippen LogP contribution in [0.5, 0.6) is 0 Å². The zero-order valence-corrected chi connectivity index (χ0v) is 10.9. The van der Waals surface area contributed by atoms with E-state index in [1.54, 1.807) is 31.3 Å². The first-order valence-electron chi connectivity index (χ1n) is 5.16. The van der Waals surface area contributed by atoms with Gasteiger partial charge < -0.3 is 4.74 Å². The average molecular weight is 286 g/mol. The molecule has 0 aliphatic rings. The summed E-state index contributed by atoms with van der Waals surface area (Å²) in [6.07, 6.45) is 1.62. The lowest BCUT2D eigenvalue weighted by Gasteiger charge is -2.02. The zero-order chi connectivity index (χ0) is 13.1. The van der Waals surface area contributed by atoms with Crippen LogP contribution < -0.4 is 0 Å². The van der Waals surface area contributed by atoms with Crippen molar-refractivity contribution in [2.24, 2.45) is 0 Å². The van der Waals surface area contributed by atoms with Crippen LogP contribution in [0.25, 0.3) is 5.69 Å². The molecule has 2 aromatic rings. The van der Waals surface area contributed by atoms with Crippen molar-refractivity contribution in [3.8, 4) is 5.69 Å². The molecule has 0 N–H and O–H groups in total. The first-order valence-corrected chi connectivity index (χ1v) is 5.92. The van der Waals surface area contributed by atoms with Gasteiger partial charge in [-0.2, -0.15) is 5.10 Å². The van der Waals surface area contributed by atoms with Gasteiger partial charge in [-0.3, -0.25) is 0 Å². The number of carbonyl (C=O) groups excluding carboxylic acids is 1. The van der Waals surface area contributed by atoms with Gasteiger partial charge in [0, 0.05) is 18.3 Å². The third-order valence-corrected chi connectivity index (χ3v) is 2.47. The molecule has 0 spiro atoms. The van der Waals surface area contributed by atoms with Gasteiger partial charge >= 0.3 is 5.97 Å². The molecule has 7 heteroatoms. The predicted molar refractivity (Wildman–Crippen MR) is 67.3 cm³/mol. The molecule has 0 aliphatic carbocycles. The average Bonchev–Trinajstić information content (AvgIpc) is 2.77. The fourth-order valence-corrected chi connectivity index (χ4v) is 1.82. The molecular weight excluding hydrogens is 277 g/mol. The highest BCUT2D eigenvalue weighted by Gasteiger charge is 2.11. The lowest BCUT2D eigenvalue weighted by Crippen LogP contribution is -2.06. The van der Waals surface area contributed by atoms with Gasteiger partial charge in [-0.1, -0.05) is 23.2 Å². The molecule has 18 heavy (non-hydrogen) atoms. The third-order valence-electron chi connectivity index (χ3n) is 2.09. The van der Waals surface area contributed by atoms with E-state index < -0.39 is 5.97 Å². The van der Waals surface area contributed by atoms with Crippen LogP contribution in [0.15, 0.2) is 24.4 Å². The number of ether oxygens (including phenoxy) is 1. The molecule has 0 saturated carbocycles. The number of esters is 1. The van der Waals surface area contributed by atoms with Crippen LogP contribution in [0, 0.1) is 0 Å². The highest BCUT2D eigenvalue weighted by molar-refractivity contribution is 6.32. The number of pyridine rings is 1. The molecule has 94 valence electrons. The van der Waals surface area contributed by atoms with E-state index in [-0.39, 0.29) is 16.0 Å². The summed E-state index contributed by atoms with van der Waals surface area (Å²) >= 11 is 11.6. The van der Waals surface area contributed by atoms with Crippen molar-refractivity contribution in [1.82, 2.24) is 14.8 Å². The van der Waals surface area contributed by atoms with E-state index in [1.807, 2.05) is 0 Å². The Bertz CT molecular complexity index is 563. The van der Waals surface area contributed by atoms with E-state index in [0.29, 0.717) is 12.3 Å². The smallest absolute Gasteiger partial charge is 0.358 e. The van der Waals surface area contributed by atoms with E-state index in [0.717, 1.165) is 0 Å². The van der Waals surface area contributed by atoms with Crippen molar-refractivity contribution in [3.63, 3.8) is 0 Å². The van der Waals surface area contributed by atoms with Gasteiger partial charge in [-0.15, -0.1) is 0 Å². The number of hydrogen-bond donors (Lipinski definition) is 0. The molecule has 0 bridgehead atoms. The summed E-state index contributed by atoms with van der Waals surface area (Å²) in [5, 5.41) is 4.59. The fraction of sp³-hybridized carbons (Fsp3) is 0.182. The second-order valence-electron chi connectivity index (χ2n) is 3.34. The fourth-order valence-electron chi connectivity index (χ4n) is 1.37. The molecule has 5 nitrogen and oxygen atoms in total. The third kappa shape index (κ3) is 2.80. The minimum Gasteiger partial charge on any atom is -0.461 e. The van der Waals surface area contributed by atoms with Crippen LogP contribution in [0.1, 0.15) is 17.4 Å². The Balaban J connectivity index is 2.32. The Kier molecular flexibility index (Phi) is 3.84. The molecule has 2 heterocycles. The van der Waals surface area contributed by atoms with Crippen LogP contribution in [-0.2, 0) is 4.74 Å². The summed E-state index contributed by atoms with van der Waals surface area (Å²) in [7, 11) is 0. The van der Waals surface area contributed by atoms with Crippen molar-refractivity contribution in [2.45, 2.75) is 6.92 Å². The van der Waals surface area contributed by atoms with Gasteiger partial charge in [0.05, 0.1) is 12.3 Å². The van der Waals surface area contributed by atoms with Crippen LogP contribution in [0.3, 0.4) is 0 Å². The molecule has 0 unspecified atom stereocenters. The Labute approximate surface area is 113 Å². The van der Waals surface area contributed by atoms with E-state index in [1.165, 1.54) is 4.68 Å². The Morgan fingerprint density at radius 3 is 2.67 bits per heavy atom. The molecule has 0 saturated heterocycles. The van der Waals surface area contributed by atoms with E-state index in [4.69, 9.17) is 27.9 Å². The molecule has 0 atom stereocenters. The second-order valence-corrected chi connectivity index (χ2v) is 4.11. The van der Waals surface area contributed by atoms with E-state index in [2.05, 4.69) is 10.1 Å². The van der Waals surface area contributed by atoms with Gasteiger partial charge in [0.1, 0.15) is 10.3 Å². The number of carbonyl (C=O) groups is 1. The maximum Gasteiger partial charge on any atom is 0.358 e. The summed E-state index contributed by atoms with van der Waals surface area (Å²) in [5.41, 5.74) is 0.844. The molecule has 0 fully saturated rings. The summed E-state index contributed by atoms with van der Waals surface area (Å²) in [5.74, 6) is -0.470. The molecule has 0 aromatic carbocycles. The van der Waals surface area contributed by atoms with Gasteiger partial charge in [-0.25, -0.2) is 14.5 Å². The van der Waals surface area contributed by atoms with Crippen LogP contribution >= 0.6 is 23.2 Å². The summed E-state index contributed by atoms with van der Waals surface area (Å²) in [4.78, 5) is 15.3. The van der Waals surface area contributed by atoms with Crippen molar-refractivity contribution in [2.75, 3.05) is 6.61 Å². The predicted octanol–water partition coefficient (Wildman–Crippen LogP) is 2.75. The second kappa shape index (κ2) is 5.37. The van der Waals surface area contributed by atoms with Crippen molar-refractivity contribution in [3.05, 3.63) is 40.4 Å². The van der Waals surface area contributed by atoms with E-state index >= 15 is 0 Å². The maximum absolute atomic E-state index is 11.5. The molecular formula is C11H9Cl2N3O2. The Hall–Kier alpha value is -1.59. The summed E-state index contributed by atoms with van der Waals surface area (Å²) in [6.45, 7) is 2.04. The zero-order valence-electron chi connectivity index (χ0n) is 9.43. The standard InChI is InChI=1S/C11H9Cl2N3O2/c1-2-18-11(17)8-3-4-16(15-8)7-5-9(12)14-10(13)6-7/h3-6H,2H2,1H3. The highest BCUT2D eigenvalue weighted by atomic mass is 35.5. The Morgan fingerprint density at radius 2 is 2.06 bits per heavy atom. The number of halogens is 2. The normalized spacial score (nSPS) is 10.4. The van der Waals surface area contributed by atoms with Gasteiger partial charge in [0.15, 0.2) is 5.69 Å². The van der Waals surface area contributed by atoms with Crippen LogP contribution in [0.4, 0.5) is 0 Å². The molecule has 0 aliphatic heterocycles. The van der Waals surface area contributed by atoms with Crippen molar-refractivity contribution in [1.29, 1.82) is 0 Å². The SMILES string of the molecule is CCOC(=O)c1ccn(-c2cc(Cl)nc(Cl)c2)n1. The first-order chi connectivity index (χ1) is 8.60. The van der Waals surface area contributed by atoms with Gasteiger partial charge in [0.2, 0.25) is 0 Å². The lowest BCUT2D eigenvalue weighted by molar-refractivity contribution is 0.0519. The van der Waals surface area contributed by atoms with Crippen LogP contribution in [0.2, 0.25) is 10.3 Å². The topological polar surface area (TPSA) is 57.0 Å². The summed E-state index contributed by atoms with van der Waals surface area (Å²) < 4.78 is 6.32. The molecule has 0 amide bonds. The van der Waals surface area contributed by atoms with Crippen LogP contribution in [-0.4, -0.2) is 27.3 Å². The highest BCUT2D eigenvalue weighted by Crippen LogP contribution is 2.17. The van der Waals surface area contributed by atoms with Gasteiger partial charge in [-0.05, 0) is 13.0 Å². The number of hydrogen-bond acceptors (Lipinski definition) is 4. The van der Waals surface area contributed by atoms with Crippen molar-refractivity contribution >= 4 is 29.2 Å². The van der Waals surface area contributed by atoms with Crippen molar-refractivity contribution < 1.29 is 9.53 Å². The quantitative estimate of drug-likeness (QED) is 0.643. The molecule has 2 aromatic heterocycles. The monoisotopic (exact) mass is 285 g/mol. The number of nitrogens with zero attached hydrogens (tertiary/aromatic N) is 3. The molecule has 2 rings (SSSR count).